The smallest absolute Gasteiger partial charge is 0.106 e. The first-order valence-corrected chi connectivity index (χ1v) is 5.15. The molecule has 0 saturated carbocycles. The normalized spacial score (nSPS) is 17.5. The molecule has 82 valence electrons. The van der Waals surface area contributed by atoms with Gasteiger partial charge in [0.15, 0.2) is 0 Å². The van der Waals surface area contributed by atoms with Crippen LogP contribution in [0.5, 0.6) is 0 Å². The quantitative estimate of drug-likeness (QED) is 0.709. The van der Waals surface area contributed by atoms with E-state index in [1.807, 2.05) is 13.8 Å². The summed E-state index contributed by atoms with van der Waals surface area (Å²) in [6.07, 6.45) is 0.835. The number of hydrogen-bond donors (Lipinski definition) is 1. The molecule has 0 aromatic heterocycles. The molecule has 2 unspecified atom stereocenters. The summed E-state index contributed by atoms with van der Waals surface area (Å²) in [5, 5.41) is 11.9. The van der Waals surface area contributed by atoms with Crippen LogP contribution in [0.25, 0.3) is 0 Å². The largest absolute Gasteiger partial charge is 0.378 e. The van der Waals surface area contributed by atoms with Gasteiger partial charge in [-0.3, -0.25) is 0 Å². The minimum Gasteiger partial charge on any atom is -0.378 e. The molecule has 0 heterocycles. The Kier molecular flexibility index (Phi) is 5.75. The second-order valence-corrected chi connectivity index (χ2v) is 4.44. The first-order chi connectivity index (χ1) is 6.43. The van der Waals surface area contributed by atoms with E-state index in [1.165, 1.54) is 0 Å². The highest BCUT2D eigenvalue weighted by Crippen LogP contribution is 2.13. The Morgan fingerprint density at radius 2 is 2.00 bits per heavy atom. The van der Waals surface area contributed by atoms with E-state index in [-0.39, 0.29) is 6.10 Å². The van der Waals surface area contributed by atoms with Gasteiger partial charge in [-0.1, -0.05) is 13.8 Å². The number of ether oxygens (including phenoxy) is 1. The molecular formula is C11H22N2O. The lowest BCUT2D eigenvalue weighted by Crippen LogP contribution is -2.41. The number of nitrogens with one attached hydrogen (secondary N) is 1. The van der Waals surface area contributed by atoms with Gasteiger partial charge in [0.25, 0.3) is 0 Å². The second-order valence-electron chi connectivity index (χ2n) is 4.44. The van der Waals surface area contributed by atoms with Gasteiger partial charge < -0.3 is 10.1 Å². The molecular weight excluding hydrogens is 176 g/mol. The molecule has 14 heavy (non-hydrogen) atoms. The second kappa shape index (κ2) is 6.00. The predicted molar refractivity (Wildman–Crippen MR) is 57.9 cm³/mol. The predicted octanol–water partition coefficient (Wildman–Crippen LogP) is 1.94. The Morgan fingerprint density at radius 3 is 2.36 bits per heavy atom. The van der Waals surface area contributed by atoms with Gasteiger partial charge in [-0.2, -0.15) is 5.26 Å². The molecule has 2 atom stereocenters. The Hall–Kier alpha value is -0.590. The molecule has 3 heteroatoms. The van der Waals surface area contributed by atoms with Crippen LogP contribution in [0.15, 0.2) is 0 Å². The Balaban J connectivity index is 3.93. The van der Waals surface area contributed by atoms with Gasteiger partial charge in [-0.15, -0.1) is 0 Å². The molecule has 0 spiro atoms. The highest BCUT2D eigenvalue weighted by Gasteiger charge is 2.24. The van der Waals surface area contributed by atoms with E-state index in [9.17, 15) is 0 Å². The Morgan fingerprint density at radius 1 is 1.43 bits per heavy atom. The van der Waals surface area contributed by atoms with Gasteiger partial charge in [0.2, 0.25) is 0 Å². The molecule has 0 aromatic carbocycles. The molecule has 3 nitrogen and oxygen atoms in total. The Labute approximate surface area is 87.4 Å². The van der Waals surface area contributed by atoms with Crippen molar-refractivity contribution in [2.45, 2.75) is 45.8 Å². The van der Waals surface area contributed by atoms with Crippen LogP contribution in [0.2, 0.25) is 0 Å². The molecule has 0 bridgehead atoms. The zero-order valence-corrected chi connectivity index (χ0v) is 9.92. The van der Waals surface area contributed by atoms with Crippen molar-refractivity contribution in [3.63, 3.8) is 0 Å². The van der Waals surface area contributed by atoms with Crippen LogP contribution >= 0.6 is 0 Å². The third kappa shape index (κ3) is 5.21. The first-order valence-electron chi connectivity index (χ1n) is 5.15. The average Bonchev–Trinajstić information content (AvgIpc) is 2.14. The van der Waals surface area contributed by atoms with Crippen molar-refractivity contribution >= 4 is 0 Å². The number of hydrogen-bond acceptors (Lipinski definition) is 3. The van der Waals surface area contributed by atoms with Gasteiger partial charge in [0, 0.05) is 13.0 Å². The van der Waals surface area contributed by atoms with E-state index in [0.717, 1.165) is 6.61 Å². The van der Waals surface area contributed by atoms with Gasteiger partial charge >= 0.3 is 0 Å². The highest BCUT2D eigenvalue weighted by atomic mass is 16.5. The van der Waals surface area contributed by atoms with Gasteiger partial charge in [-0.25, -0.2) is 0 Å². The molecule has 0 rings (SSSR count). The zero-order valence-electron chi connectivity index (χ0n) is 9.92. The summed E-state index contributed by atoms with van der Waals surface area (Å²) in [6, 6.07) is 2.26. The van der Waals surface area contributed by atoms with Crippen molar-refractivity contribution in [3.05, 3.63) is 0 Å². The van der Waals surface area contributed by atoms with Crippen LogP contribution in [-0.2, 0) is 4.74 Å². The fourth-order valence-corrected chi connectivity index (χ4v) is 1.19. The fraction of sp³-hybridized carbons (Fsp3) is 0.909. The fourth-order valence-electron chi connectivity index (χ4n) is 1.19. The lowest BCUT2D eigenvalue weighted by atomic mass is 9.97. The molecule has 0 radical (unpaired) electrons. The molecule has 0 amide bonds. The van der Waals surface area contributed by atoms with Gasteiger partial charge in [-0.05, 0) is 26.8 Å². The van der Waals surface area contributed by atoms with Crippen LogP contribution in [0, 0.1) is 17.2 Å². The highest BCUT2D eigenvalue weighted by molar-refractivity contribution is 5.03. The molecule has 0 aromatic rings. The summed E-state index contributed by atoms with van der Waals surface area (Å²) in [6.45, 7) is 8.90. The molecule has 0 aliphatic rings. The van der Waals surface area contributed by atoms with E-state index >= 15 is 0 Å². The van der Waals surface area contributed by atoms with Crippen molar-refractivity contribution in [2.24, 2.45) is 5.92 Å². The van der Waals surface area contributed by atoms with E-state index in [2.05, 4.69) is 25.2 Å². The van der Waals surface area contributed by atoms with Crippen LogP contribution in [0.1, 0.15) is 34.1 Å². The van der Waals surface area contributed by atoms with Crippen LogP contribution in [-0.4, -0.2) is 25.3 Å². The maximum atomic E-state index is 8.94. The van der Waals surface area contributed by atoms with E-state index in [1.54, 1.807) is 7.05 Å². The minimum absolute atomic E-state index is 0.120. The number of nitrogens with zero attached hydrogens (tertiary/aromatic N) is 1. The molecule has 0 aliphatic carbocycles. The van der Waals surface area contributed by atoms with Crippen molar-refractivity contribution in [3.8, 4) is 6.07 Å². The summed E-state index contributed by atoms with van der Waals surface area (Å²) < 4.78 is 5.61. The monoisotopic (exact) mass is 198 g/mol. The molecule has 0 aliphatic heterocycles. The molecule has 0 saturated heterocycles. The van der Waals surface area contributed by atoms with E-state index < -0.39 is 5.54 Å². The summed E-state index contributed by atoms with van der Waals surface area (Å²) in [5.41, 5.74) is -0.476. The summed E-state index contributed by atoms with van der Waals surface area (Å²) in [5.74, 6) is 0.542. The maximum Gasteiger partial charge on any atom is 0.106 e. The average molecular weight is 198 g/mol. The molecule has 1 N–H and O–H groups in total. The minimum atomic E-state index is -0.476. The molecule has 0 fully saturated rings. The topological polar surface area (TPSA) is 45.0 Å². The van der Waals surface area contributed by atoms with Crippen LogP contribution < -0.4 is 5.32 Å². The van der Waals surface area contributed by atoms with Crippen molar-refractivity contribution in [1.29, 1.82) is 5.26 Å². The standard InChI is InChI=1S/C11H22N2O/c1-9(2)7-14-10(3)6-11(4,8-12)13-5/h9-10,13H,6-7H2,1-5H3. The van der Waals surface area contributed by atoms with Crippen molar-refractivity contribution in [2.75, 3.05) is 13.7 Å². The van der Waals surface area contributed by atoms with E-state index in [4.69, 9.17) is 10.00 Å². The third-order valence-electron chi connectivity index (χ3n) is 2.21. The van der Waals surface area contributed by atoms with Crippen molar-refractivity contribution in [1.82, 2.24) is 5.32 Å². The van der Waals surface area contributed by atoms with Gasteiger partial charge in [0.05, 0.1) is 12.2 Å². The zero-order chi connectivity index (χ0) is 11.2. The SMILES string of the molecule is CNC(C)(C#N)CC(C)OCC(C)C. The third-order valence-corrected chi connectivity index (χ3v) is 2.21. The van der Waals surface area contributed by atoms with Crippen LogP contribution in [0.3, 0.4) is 0 Å². The van der Waals surface area contributed by atoms with Crippen LogP contribution in [0.4, 0.5) is 0 Å². The Bertz CT molecular complexity index is 198. The summed E-state index contributed by atoms with van der Waals surface area (Å²) in [4.78, 5) is 0. The van der Waals surface area contributed by atoms with E-state index in [0.29, 0.717) is 12.3 Å². The lowest BCUT2D eigenvalue weighted by molar-refractivity contribution is 0.0321. The first kappa shape index (κ1) is 13.4. The lowest BCUT2D eigenvalue weighted by Gasteiger charge is -2.25. The van der Waals surface area contributed by atoms with Crippen molar-refractivity contribution < 1.29 is 4.74 Å². The van der Waals surface area contributed by atoms with Gasteiger partial charge in [0.1, 0.15) is 5.54 Å². The number of rotatable bonds is 6. The number of nitriles is 1. The maximum absolute atomic E-state index is 8.94. The summed E-state index contributed by atoms with van der Waals surface area (Å²) in [7, 11) is 1.80. The summed E-state index contributed by atoms with van der Waals surface area (Å²) >= 11 is 0.